The Hall–Kier alpha value is -2.08. The summed E-state index contributed by atoms with van der Waals surface area (Å²) in [6, 6.07) is 6.20. The lowest BCUT2D eigenvalue weighted by Gasteiger charge is -2.15. The number of benzene rings is 1. The third kappa shape index (κ3) is 3.52. The van der Waals surface area contributed by atoms with Crippen LogP contribution in [0.25, 0.3) is 0 Å². The van der Waals surface area contributed by atoms with Crippen LogP contribution in [0.2, 0.25) is 0 Å². The van der Waals surface area contributed by atoms with Crippen molar-refractivity contribution in [3.8, 4) is 11.5 Å². The molecule has 0 spiro atoms. The van der Waals surface area contributed by atoms with Gasteiger partial charge >= 0.3 is 0 Å². The average molecular weight is 290 g/mol. The molecule has 0 saturated carbocycles. The Kier molecular flexibility index (Phi) is 5.16. The molecule has 2 rings (SSSR count). The van der Waals surface area contributed by atoms with Gasteiger partial charge in [-0.1, -0.05) is 6.07 Å². The van der Waals surface area contributed by atoms with Crippen LogP contribution in [-0.2, 0) is 13.2 Å². The first-order valence-electron chi connectivity index (χ1n) is 7.04. The molecule has 0 amide bonds. The Morgan fingerprint density at radius 1 is 1.33 bits per heavy atom. The maximum Gasteiger partial charge on any atom is 0.164 e. The molecule has 0 saturated heterocycles. The molecule has 0 aliphatic rings. The minimum absolute atomic E-state index is 0.260. The number of nitrogens with zero attached hydrogens (tertiary/aromatic N) is 3. The number of ether oxygens (including phenoxy) is 2. The van der Waals surface area contributed by atoms with Crippen molar-refractivity contribution in [1.29, 1.82) is 0 Å². The predicted octanol–water partition coefficient (Wildman–Crippen LogP) is 2.17. The molecule has 1 unspecified atom stereocenters. The second-order valence-electron chi connectivity index (χ2n) is 4.70. The minimum Gasteiger partial charge on any atom is -0.493 e. The molecular weight excluding hydrogens is 268 g/mol. The standard InChI is InChI=1S/C15H22N4O2/c1-5-19-15(17-10-18-19)9-21-13-7-6-12(11(2)16-3)8-14(13)20-4/h6-8,10-11,16H,5,9H2,1-4H3. The van der Waals surface area contributed by atoms with E-state index >= 15 is 0 Å². The molecule has 0 fully saturated rings. The van der Waals surface area contributed by atoms with E-state index in [9.17, 15) is 0 Å². The van der Waals surface area contributed by atoms with Gasteiger partial charge in [-0.2, -0.15) is 5.10 Å². The Morgan fingerprint density at radius 3 is 2.81 bits per heavy atom. The molecular formula is C15H22N4O2. The highest BCUT2D eigenvalue weighted by Gasteiger charge is 2.11. The van der Waals surface area contributed by atoms with Crippen molar-refractivity contribution in [3.05, 3.63) is 35.9 Å². The van der Waals surface area contributed by atoms with Crippen molar-refractivity contribution in [2.24, 2.45) is 0 Å². The number of aryl methyl sites for hydroxylation is 1. The van der Waals surface area contributed by atoms with Crippen molar-refractivity contribution < 1.29 is 9.47 Å². The third-order valence-corrected chi connectivity index (χ3v) is 3.47. The average Bonchev–Trinajstić information content (AvgIpc) is 2.99. The van der Waals surface area contributed by atoms with Gasteiger partial charge in [0.15, 0.2) is 17.3 Å². The second-order valence-corrected chi connectivity index (χ2v) is 4.70. The molecule has 1 aromatic carbocycles. The Bertz CT molecular complexity index is 583. The van der Waals surface area contributed by atoms with Crippen LogP contribution in [-0.4, -0.2) is 28.9 Å². The van der Waals surface area contributed by atoms with Crippen LogP contribution in [0.4, 0.5) is 0 Å². The molecule has 6 nitrogen and oxygen atoms in total. The van der Waals surface area contributed by atoms with E-state index in [0.717, 1.165) is 23.7 Å². The molecule has 0 radical (unpaired) electrons. The highest BCUT2D eigenvalue weighted by molar-refractivity contribution is 5.43. The predicted molar refractivity (Wildman–Crippen MR) is 80.5 cm³/mol. The van der Waals surface area contributed by atoms with Crippen LogP contribution in [0.15, 0.2) is 24.5 Å². The van der Waals surface area contributed by atoms with Gasteiger partial charge in [0, 0.05) is 12.6 Å². The lowest BCUT2D eigenvalue weighted by Crippen LogP contribution is -2.12. The van der Waals surface area contributed by atoms with Crippen molar-refractivity contribution >= 4 is 0 Å². The molecule has 6 heteroatoms. The van der Waals surface area contributed by atoms with Crippen LogP contribution in [0.3, 0.4) is 0 Å². The van der Waals surface area contributed by atoms with Gasteiger partial charge < -0.3 is 14.8 Å². The first-order chi connectivity index (χ1) is 10.2. The second kappa shape index (κ2) is 7.08. The monoisotopic (exact) mass is 290 g/mol. The third-order valence-electron chi connectivity index (χ3n) is 3.47. The van der Waals surface area contributed by atoms with E-state index in [0.29, 0.717) is 12.4 Å². The molecule has 0 bridgehead atoms. The fourth-order valence-electron chi connectivity index (χ4n) is 2.05. The van der Waals surface area contributed by atoms with Gasteiger partial charge in [0.2, 0.25) is 0 Å². The van der Waals surface area contributed by atoms with Gasteiger partial charge in [-0.05, 0) is 38.6 Å². The summed E-state index contributed by atoms with van der Waals surface area (Å²) >= 11 is 0. The van der Waals surface area contributed by atoms with Crippen LogP contribution < -0.4 is 14.8 Å². The highest BCUT2D eigenvalue weighted by Crippen LogP contribution is 2.30. The number of aromatic nitrogens is 3. The summed E-state index contributed by atoms with van der Waals surface area (Å²) in [5, 5.41) is 7.33. The van der Waals surface area contributed by atoms with Crippen molar-refractivity contribution in [2.75, 3.05) is 14.2 Å². The molecule has 114 valence electrons. The zero-order chi connectivity index (χ0) is 15.2. The van der Waals surface area contributed by atoms with Gasteiger partial charge in [-0.15, -0.1) is 0 Å². The summed E-state index contributed by atoms with van der Waals surface area (Å²) in [7, 11) is 3.57. The molecule has 1 atom stereocenters. The minimum atomic E-state index is 0.260. The van der Waals surface area contributed by atoms with Crippen LogP contribution in [0.1, 0.15) is 31.3 Å². The fourth-order valence-corrected chi connectivity index (χ4v) is 2.05. The molecule has 21 heavy (non-hydrogen) atoms. The Labute approximate surface area is 125 Å². The number of rotatable bonds is 7. The highest BCUT2D eigenvalue weighted by atomic mass is 16.5. The maximum atomic E-state index is 5.81. The van der Waals surface area contributed by atoms with E-state index in [4.69, 9.17) is 9.47 Å². The van der Waals surface area contributed by atoms with Gasteiger partial charge in [-0.25, -0.2) is 9.67 Å². The quantitative estimate of drug-likeness (QED) is 0.846. The maximum absolute atomic E-state index is 5.81. The smallest absolute Gasteiger partial charge is 0.164 e. The van der Waals surface area contributed by atoms with E-state index in [2.05, 4.69) is 22.3 Å². The number of methoxy groups -OCH3 is 1. The summed E-state index contributed by atoms with van der Waals surface area (Å²) in [4.78, 5) is 4.19. The van der Waals surface area contributed by atoms with Crippen molar-refractivity contribution in [2.45, 2.75) is 33.0 Å². The largest absolute Gasteiger partial charge is 0.493 e. The van der Waals surface area contributed by atoms with Gasteiger partial charge in [0.1, 0.15) is 12.9 Å². The van der Waals surface area contributed by atoms with E-state index < -0.39 is 0 Å². The van der Waals surface area contributed by atoms with Crippen LogP contribution in [0, 0.1) is 0 Å². The van der Waals surface area contributed by atoms with E-state index in [-0.39, 0.29) is 6.04 Å². The number of hydrogen-bond acceptors (Lipinski definition) is 5. The number of nitrogens with one attached hydrogen (secondary N) is 1. The van der Waals surface area contributed by atoms with Gasteiger partial charge in [0.25, 0.3) is 0 Å². The summed E-state index contributed by atoms with van der Waals surface area (Å²) in [5.41, 5.74) is 1.15. The van der Waals surface area contributed by atoms with Crippen molar-refractivity contribution in [3.63, 3.8) is 0 Å². The van der Waals surface area contributed by atoms with E-state index in [1.165, 1.54) is 6.33 Å². The zero-order valence-corrected chi connectivity index (χ0v) is 13.0. The van der Waals surface area contributed by atoms with Gasteiger partial charge in [-0.3, -0.25) is 0 Å². The number of hydrogen-bond donors (Lipinski definition) is 1. The van der Waals surface area contributed by atoms with Crippen molar-refractivity contribution in [1.82, 2.24) is 20.1 Å². The fraction of sp³-hybridized carbons (Fsp3) is 0.467. The topological polar surface area (TPSA) is 61.2 Å². The Balaban J connectivity index is 2.13. The van der Waals surface area contributed by atoms with Gasteiger partial charge in [0.05, 0.1) is 7.11 Å². The molecule has 0 aliphatic carbocycles. The molecule has 2 aromatic rings. The summed E-state index contributed by atoms with van der Waals surface area (Å²) in [6.45, 7) is 5.26. The van der Waals surface area contributed by atoms with E-state index in [1.807, 2.05) is 36.9 Å². The van der Waals surface area contributed by atoms with Crippen LogP contribution >= 0.6 is 0 Å². The normalized spacial score (nSPS) is 12.2. The first kappa shape index (κ1) is 15.3. The first-order valence-corrected chi connectivity index (χ1v) is 7.04. The molecule has 1 heterocycles. The van der Waals surface area contributed by atoms with Crippen LogP contribution in [0.5, 0.6) is 11.5 Å². The van der Waals surface area contributed by atoms with E-state index in [1.54, 1.807) is 7.11 Å². The summed E-state index contributed by atoms with van der Waals surface area (Å²) in [6.07, 6.45) is 1.54. The molecule has 0 aliphatic heterocycles. The summed E-state index contributed by atoms with van der Waals surface area (Å²) < 4.78 is 13.0. The Morgan fingerprint density at radius 2 is 2.14 bits per heavy atom. The lowest BCUT2D eigenvalue weighted by molar-refractivity contribution is 0.269. The zero-order valence-electron chi connectivity index (χ0n) is 13.0. The SMILES string of the molecule is CCn1ncnc1COc1ccc(C(C)NC)cc1OC. The lowest BCUT2D eigenvalue weighted by atomic mass is 10.1. The summed E-state index contributed by atoms with van der Waals surface area (Å²) in [5.74, 6) is 2.22. The molecule has 1 N–H and O–H groups in total. The molecule has 1 aromatic heterocycles.